The molecule has 6 heteroatoms. The summed E-state index contributed by atoms with van der Waals surface area (Å²) in [7, 11) is 3.36. The Morgan fingerprint density at radius 3 is 2.65 bits per heavy atom. The van der Waals surface area contributed by atoms with Crippen LogP contribution in [0.3, 0.4) is 0 Å². The van der Waals surface area contributed by atoms with Gasteiger partial charge in [-0.05, 0) is 19.2 Å². The van der Waals surface area contributed by atoms with E-state index < -0.39 is 5.97 Å². The third-order valence-electron chi connectivity index (χ3n) is 2.78. The molecule has 0 spiro atoms. The van der Waals surface area contributed by atoms with Crippen LogP contribution in [0.25, 0.3) is 0 Å². The van der Waals surface area contributed by atoms with Gasteiger partial charge in [-0.3, -0.25) is 9.59 Å². The van der Waals surface area contributed by atoms with Gasteiger partial charge >= 0.3 is 5.97 Å². The molecule has 0 saturated carbocycles. The number of carboxylic acid groups (broad SMARTS) is 1. The van der Waals surface area contributed by atoms with Crippen LogP contribution in [0.2, 0.25) is 0 Å². The van der Waals surface area contributed by atoms with Gasteiger partial charge in [0.15, 0.2) is 0 Å². The van der Waals surface area contributed by atoms with Crippen LogP contribution in [0.15, 0.2) is 24.3 Å². The molecule has 0 fully saturated rings. The van der Waals surface area contributed by atoms with Gasteiger partial charge in [-0.2, -0.15) is 0 Å². The number of nitrogens with one attached hydrogen (secondary N) is 1. The average Bonchev–Trinajstić information content (AvgIpc) is 2.43. The summed E-state index contributed by atoms with van der Waals surface area (Å²) < 4.78 is 5.07. The van der Waals surface area contributed by atoms with E-state index in [-0.39, 0.29) is 12.3 Å². The van der Waals surface area contributed by atoms with Crippen LogP contribution in [0.4, 0.5) is 5.69 Å². The molecule has 0 aliphatic heterocycles. The molecule has 0 saturated heterocycles. The maximum absolute atomic E-state index is 11.8. The van der Waals surface area contributed by atoms with Gasteiger partial charge in [-0.1, -0.05) is 6.07 Å². The topological polar surface area (TPSA) is 78.9 Å². The summed E-state index contributed by atoms with van der Waals surface area (Å²) in [4.78, 5) is 24.0. The number of hydrogen-bond donors (Lipinski definition) is 2. The molecule has 0 radical (unpaired) electrons. The lowest BCUT2D eigenvalue weighted by Gasteiger charge is -2.15. The van der Waals surface area contributed by atoms with Gasteiger partial charge in [0, 0.05) is 31.3 Å². The highest BCUT2D eigenvalue weighted by molar-refractivity contribution is 5.91. The van der Waals surface area contributed by atoms with E-state index in [1.54, 1.807) is 38.4 Å². The molecule has 20 heavy (non-hydrogen) atoms. The van der Waals surface area contributed by atoms with Gasteiger partial charge in [0.2, 0.25) is 5.91 Å². The fourth-order valence-corrected chi connectivity index (χ4v) is 1.62. The van der Waals surface area contributed by atoms with Crippen molar-refractivity contribution in [2.75, 3.05) is 32.6 Å². The first-order valence-corrected chi connectivity index (χ1v) is 6.35. The number of carbonyl (C=O) groups is 2. The SMILES string of the molecule is COc1cccc(NC(=O)CCN(C)CCC(=O)O)c1. The molecule has 1 amide bonds. The number of aliphatic carboxylic acids is 1. The third-order valence-corrected chi connectivity index (χ3v) is 2.78. The second-order valence-corrected chi connectivity index (χ2v) is 4.48. The summed E-state index contributed by atoms with van der Waals surface area (Å²) in [5.41, 5.74) is 0.683. The number of carboxylic acids is 1. The van der Waals surface area contributed by atoms with Gasteiger partial charge in [-0.25, -0.2) is 0 Å². The minimum Gasteiger partial charge on any atom is -0.497 e. The normalized spacial score (nSPS) is 10.3. The monoisotopic (exact) mass is 280 g/mol. The standard InChI is InChI=1S/C14H20N2O4/c1-16(9-7-14(18)19)8-6-13(17)15-11-4-3-5-12(10-11)20-2/h3-5,10H,6-9H2,1-2H3,(H,15,17)(H,18,19). The zero-order chi connectivity index (χ0) is 15.0. The Morgan fingerprint density at radius 1 is 1.30 bits per heavy atom. The summed E-state index contributed by atoms with van der Waals surface area (Å²) in [6.45, 7) is 0.949. The molecule has 1 rings (SSSR count). The molecule has 0 atom stereocenters. The first-order chi connectivity index (χ1) is 9.51. The van der Waals surface area contributed by atoms with E-state index in [2.05, 4.69) is 5.32 Å². The lowest BCUT2D eigenvalue weighted by Crippen LogP contribution is -2.26. The maximum Gasteiger partial charge on any atom is 0.304 e. The molecule has 6 nitrogen and oxygen atoms in total. The number of hydrogen-bond acceptors (Lipinski definition) is 4. The van der Waals surface area contributed by atoms with Gasteiger partial charge in [-0.15, -0.1) is 0 Å². The summed E-state index contributed by atoms with van der Waals surface area (Å²) in [6.07, 6.45) is 0.390. The lowest BCUT2D eigenvalue weighted by molar-refractivity contribution is -0.137. The minimum atomic E-state index is -0.835. The van der Waals surface area contributed by atoms with E-state index in [1.807, 2.05) is 4.90 Å². The number of rotatable bonds is 8. The predicted molar refractivity (Wildman–Crippen MR) is 76.0 cm³/mol. The van der Waals surface area contributed by atoms with E-state index in [0.29, 0.717) is 30.9 Å². The number of benzene rings is 1. The number of nitrogens with zero attached hydrogens (tertiary/aromatic N) is 1. The van der Waals surface area contributed by atoms with Crippen LogP contribution in [-0.2, 0) is 9.59 Å². The summed E-state index contributed by atoms with van der Waals surface area (Å²) >= 11 is 0. The van der Waals surface area contributed by atoms with Crippen molar-refractivity contribution in [3.63, 3.8) is 0 Å². The van der Waals surface area contributed by atoms with Gasteiger partial charge < -0.3 is 20.1 Å². The Kier molecular flexibility index (Phi) is 6.52. The first kappa shape index (κ1) is 16.0. The number of carbonyl (C=O) groups excluding carboxylic acids is 1. The van der Waals surface area contributed by atoms with E-state index in [0.717, 1.165) is 0 Å². The van der Waals surface area contributed by atoms with Crippen LogP contribution in [0, 0.1) is 0 Å². The summed E-state index contributed by atoms with van der Waals surface area (Å²) in [5, 5.41) is 11.3. The van der Waals surface area contributed by atoms with Gasteiger partial charge in [0.25, 0.3) is 0 Å². The molecule has 0 unspecified atom stereocenters. The van der Waals surface area contributed by atoms with Crippen LogP contribution in [-0.4, -0.2) is 49.1 Å². The van der Waals surface area contributed by atoms with Crippen LogP contribution in [0.1, 0.15) is 12.8 Å². The van der Waals surface area contributed by atoms with E-state index in [9.17, 15) is 9.59 Å². The Hall–Kier alpha value is -2.08. The molecular weight excluding hydrogens is 260 g/mol. The molecular formula is C14H20N2O4. The third kappa shape index (κ3) is 6.19. The summed E-state index contributed by atoms with van der Waals surface area (Å²) in [6, 6.07) is 7.13. The number of amides is 1. The van der Waals surface area contributed by atoms with E-state index >= 15 is 0 Å². The van der Waals surface area contributed by atoms with Crippen molar-refractivity contribution in [2.45, 2.75) is 12.8 Å². The zero-order valence-corrected chi connectivity index (χ0v) is 11.8. The van der Waals surface area contributed by atoms with Crippen molar-refractivity contribution in [1.29, 1.82) is 0 Å². The second-order valence-electron chi connectivity index (χ2n) is 4.48. The fraction of sp³-hybridized carbons (Fsp3) is 0.429. The molecule has 2 N–H and O–H groups in total. The molecule has 0 heterocycles. The Balaban J connectivity index is 2.34. The van der Waals surface area contributed by atoms with Gasteiger partial charge in [0.05, 0.1) is 13.5 Å². The lowest BCUT2D eigenvalue weighted by atomic mass is 10.3. The number of anilines is 1. The van der Waals surface area contributed by atoms with Crippen LogP contribution < -0.4 is 10.1 Å². The molecule has 0 aromatic heterocycles. The van der Waals surface area contributed by atoms with Crippen LogP contribution >= 0.6 is 0 Å². The smallest absolute Gasteiger partial charge is 0.304 e. The molecule has 0 aliphatic rings. The number of methoxy groups -OCH3 is 1. The van der Waals surface area contributed by atoms with Crippen molar-refractivity contribution in [2.24, 2.45) is 0 Å². The molecule has 0 aliphatic carbocycles. The highest BCUT2D eigenvalue weighted by Crippen LogP contribution is 2.16. The zero-order valence-electron chi connectivity index (χ0n) is 11.8. The van der Waals surface area contributed by atoms with E-state index in [4.69, 9.17) is 9.84 Å². The fourth-order valence-electron chi connectivity index (χ4n) is 1.62. The number of ether oxygens (including phenoxy) is 1. The van der Waals surface area contributed by atoms with Crippen LogP contribution in [0.5, 0.6) is 5.75 Å². The largest absolute Gasteiger partial charge is 0.497 e. The van der Waals surface area contributed by atoms with Crippen molar-refractivity contribution in [3.8, 4) is 5.75 Å². The Labute approximate surface area is 118 Å². The molecule has 1 aromatic rings. The van der Waals surface area contributed by atoms with Crippen molar-refractivity contribution in [1.82, 2.24) is 4.90 Å². The predicted octanol–water partition coefficient (Wildman–Crippen LogP) is 1.43. The molecule has 110 valence electrons. The second kappa shape index (κ2) is 8.16. The average molecular weight is 280 g/mol. The first-order valence-electron chi connectivity index (χ1n) is 6.35. The maximum atomic E-state index is 11.8. The van der Waals surface area contributed by atoms with Crippen molar-refractivity contribution in [3.05, 3.63) is 24.3 Å². The van der Waals surface area contributed by atoms with Gasteiger partial charge in [0.1, 0.15) is 5.75 Å². The Morgan fingerprint density at radius 2 is 2.00 bits per heavy atom. The highest BCUT2D eigenvalue weighted by atomic mass is 16.5. The summed E-state index contributed by atoms with van der Waals surface area (Å²) in [5.74, 6) is -0.264. The molecule has 1 aromatic carbocycles. The minimum absolute atomic E-state index is 0.0774. The van der Waals surface area contributed by atoms with Crippen molar-refractivity contribution < 1.29 is 19.4 Å². The van der Waals surface area contributed by atoms with E-state index in [1.165, 1.54) is 0 Å². The Bertz CT molecular complexity index is 462. The molecule has 0 bridgehead atoms. The highest BCUT2D eigenvalue weighted by Gasteiger charge is 2.07. The van der Waals surface area contributed by atoms with Crippen molar-refractivity contribution >= 4 is 17.6 Å². The quantitative estimate of drug-likeness (QED) is 0.753.